The zero-order valence-corrected chi connectivity index (χ0v) is 12.1. The minimum Gasteiger partial charge on any atom is -0.489 e. The summed E-state index contributed by atoms with van der Waals surface area (Å²) in [7, 11) is 0. The minimum absolute atomic E-state index is 0.106. The summed E-state index contributed by atoms with van der Waals surface area (Å²) in [6.45, 7) is 2.66. The first-order valence-corrected chi connectivity index (χ1v) is 7.01. The maximum absolute atomic E-state index is 8.61. The molecule has 3 N–H and O–H groups in total. The fourth-order valence-electron chi connectivity index (χ4n) is 2.04. The van der Waals surface area contributed by atoms with E-state index in [1.54, 1.807) is 12.1 Å². The number of amidine groups is 1. The molecule has 0 atom stereocenters. The van der Waals surface area contributed by atoms with Gasteiger partial charge >= 0.3 is 0 Å². The first kappa shape index (κ1) is 14.9. The van der Waals surface area contributed by atoms with Crippen LogP contribution in [0.3, 0.4) is 0 Å². The van der Waals surface area contributed by atoms with Crippen LogP contribution < -0.4 is 10.5 Å². The highest BCUT2D eigenvalue weighted by atomic mass is 16.5. The van der Waals surface area contributed by atoms with E-state index in [2.05, 4.69) is 24.2 Å². The number of nitrogens with two attached hydrogens (primary N) is 1. The van der Waals surface area contributed by atoms with E-state index in [1.807, 2.05) is 24.3 Å². The van der Waals surface area contributed by atoms with Crippen LogP contribution in [0.1, 0.15) is 30.0 Å². The van der Waals surface area contributed by atoms with Crippen LogP contribution in [0.5, 0.6) is 5.75 Å². The number of hydrogen-bond donors (Lipinski definition) is 2. The quantitative estimate of drug-likeness (QED) is 0.370. The molecule has 0 aliphatic carbocycles. The monoisotopic (exact) mass is 284 g/mol. The van der Waals surface area contributed by atoms with Gasteiger partial charge in [-0.2, -0.15) is 0 Å². The highest BCUT2D eigenvalue weighted by molar-refractivity contribution is 5.96. The Morgan fingerprint density at radius 2 is 1.67 bits per heavy atom. The molecule has 0 heterocycles. The molecular formula is C17H20N2O2. The molecule has 2 rings (SSSR count). The average Bonchev–Trinajstić information content (AvgIpc) is 2.54. The Morgan fingerprint density at radius 3 is 2.24 bits per heavy atom. The van der Waals surface area contributed by atoms with Crippen molar-refractivity contribution in [1.82, 2.24) is 0 Å². The lowest BCUT2D eigenvalue weighted by molar-refractivity contribution is 0.306. The predicted octanol–water partition coefficient (Wildman–Crippen LogP) is 3.31. The van der Waals surface area contributed by atoms with Crippen molar-refractivity contribution in [1.29, 1.82) is 0 Å². The number of oxime groups is 1. The summed E-state index contributed by atoms with van der Waals surface area (Å²) >= 11 is 0. The van der Waals surface area contributed by atoms with E-state index in [1.165, 1.54) is 5.56 Å². The number of rotatable bonds is 6. The molecule has 0 radical (unpaired) electrons. The minimum atomic E-state index is 0.106. The van der Waals surface area contributed by atoms with Crippen LogP contribution in [0.4, 0.5) is 0 Å². The third-order valence-corrected chi connectivity index (χ3v) is 3.22. The van der Waals surface area contributed by atoms with E-state index in [-0.39, 0.29) is 5.84 Å². The zero-order valence-electron chi connectivity index (χ0n) is 12.1. The molecular weight excluding hydrogens is 264 g/mol. The first-order chi connectivity index (χ1) is 10.2. The van der Waals surface area contributed by atoms with Crippen molar-refractivity contribution in [2.24, 2.45) is 10.9 Å². The van der Waals surface area contributed by atoms with Crippen molar-refractivity contribution in [3.63, 3.8) is 0 Å². The molecule has 4 heteroatoms. The fourth-order valence-corrected chi connectivity index (χ4v) is 2.04. The summed E-state index contributed by atoms with van der Waals surface area (Å²) in [5.41, 5.74) is 8.56. The molecule has 0 amide bonds. The van der Waals surface area contributed by atoms with Gasteiger partial charge in [0.25, 0.3) is 0 Å². The van der Waals surface area contributed by atoms with E-state index in [0.717, 1.165) is 24.2 Å². The van der Waals surface area contributed by atoms with Gasteiger partial charge in [0, 0.05) is 5.56 Å². The van der Waals surface area contributed by atoms with Crippen LogP contribution in [-0.2, 0) is 13.0 Å². The molecule has 0 aromatic heterocycles. The summed E-state index contributed by atoms with van der Waals surface area (Å²) in [5.74, 6) is 0.962. The van der Waals surface area contributed by atoms with Gasteiger partial charge in [-0.15, -0.1) is 0 Å². The number of nitrogens with zero attached hydrogens (tertiary/aromatic N) is 1. The second-order valence-corrected chi connectivity index (χ2v) is 4.86. The Labute approximate surface area is 124 Å². The molecule has 2 aromatic rings. The van der Waals surface area contributed by atoms with Crippen molar-refractivity contribution in [2.45, 2.75) is 26.4 Å². The van der Waals surface area contributed by atoms with E-state index in [0.29, 0.717) is 12.2 Å². The van der Waals surface area contributed by atoms with Crippen LogP contribution >= 0.6 is 0 Å². The van der Waals surface area contributed by atoms with Gasteiger partial charge in [-0.25, -0.2) is 0 Å². The summed E-state index contributed by atoms with van der Waals surface area (Å²) < 4.78 is 5.74. The standard InChI is InChI=1S/C17H20N2O2/c1-2-3-13-6-10-16(11-7-13)21-12-14-4-8-15(9-5-14)17(18)19-20/h4-11,20H,2-3,12H2,1H3,(H2,18,19). The van der Waals surface area contributed by atoms with Crippen LogP contribution in [-0.4, -0.2) is 11.0 Å². The van der Waals surface area contributed by atoms with Gasteiger partial charge in [-0.3, -0.25) is 0 Å². The molecule has 0 saturated heterocycles. The smallest absolute Gasteiger partial charge is 0.170 e. The van der Waals surface area contributed by atoms with Crippen molar-refractivity contribution < 1.29 is 9.94 Å². The molecule has 0 aliphatic rings. The van der Waals surface area contributed by atoms with Gasteiger partial charge in [0.2, 0.25) is 0 Å². The van der Waals surface area contributed by atoms with Gasteiger partial charge in [-0.05, 0) is 29.7 Å². The lowest BCUT2D eigenvalue weighted by Gasteiger charge is -2.08. The highest BCUT2D eigenvalue weighted by Crippen LogP contribution is 2.15. The van der Waals surface area contributed by atoms with Crippen molar-refractivity contribution in [3.05, 3.63) is 65.2 Å². The molecule has 4 nitrogen and oxygen atoms in total. The molecule has 110 valence electrons. The van der Waals surface area contributed by atoms with Gasteiger partial charge in [-0.1, -0.05) is 54.9 Å². The predicted molar refractivity (Wildman–Crippen MR) is 83.7 cm³/mol. The van der Waals surface area contributed by atoms with Crippen LogP contribution in [0.15, 0.2) is 53.7 Å². The fraction of sp³-hybridized carbons (Fsp3) is 0.235. The number of aryl methyl sites for hydroxylation is 1. The third kappa shape index (κ3) is 4.24. The summed E-state index contributed by atoms with van der Waals surface area (Å²) in [4.78, 5) is 0. The molecule has 2 aromatic carbocycles. The molecule has 0 saturated carbocycles. The van der Waals surface area contributed by atoms with Gasteiger partial charge in [0.15, 0.2) is 5.84 Å². The topological polar surface area (TPSA) is 67.8 Å². The van der Waals surface area contributed by atoms with E-state index in [4.69, 9.17) is 15.7 Å². The molecule has 21 heavy (non-hydrogen) atoms. The van der Waals surface area contributed by atoms with Crippen molar-refractivity contribution in [3.8, 4) is 5.75 Å². The SMILES string of the molecule is CCCc1ccc(OCc2ccc(C(N)=NO)cc2)cc1. The second-order valence-electron chi connectivity index (χ2n) is 4.86. The van der Waals surface area contributed by atoms with E-state index >= 15 is 0 Å². The molecule has 0 aliphatic heterocycles. The van der Waals surface area contributed by atoms with Crippen molar-refractivity contribution in [2.75, 3.05) is 0 Å². The Bertz CT molecular complexity index is 589. The molecule has 0 bridgehead atoms. The Hall–Kier alpha value is -2.49. The number of hydrogen-bond acceptors (Lipinski definition) is 3. The summed E-state index contributed by atoms with van der Waals surface area (Å²) in [6, 6.07) is 15.6. The molecule has 0 unspecified atom stereocenters. The maximum atomic E-state index is 8.61. The third-order valence-electron chi connectivity index (χ3n) is 3.22. The zero-order chi connectivity index (χ0) is 15.1. The average molecular weight is 284 g/mol. The first-order valence-electron chi connectivity index (χ1n) is 7.01. The normalized spacial score (nSPS) is 11.4. The number of ether oxygens (including phenoxy) is 1. The second kappa shape index (κ2) is 7.33. The Kier molecular flexibility index (Phi) is 5.21. The summed E-state index contributed by atoms with van der Waals surface area (Å²) in [6.07, 6.45) is 2.24. The van der Waals surface area contributed by atoms with Gasteiger partial charge in [0.05, 0.1) is 0 Å². The lowest BCUT2D eigenvalue weighted by Crippen LogP contribution is -2.12. The van der Waals surface area contributed by atoms with E-state index < -0.39 is 0 Å². The Balaban J connectivity index is 1.93. The molecule has 0 spiro atoms. The lowest BCUT2D eigenvalue weighted by atomic mass is 10.1. The van der Waals surface area contributed by atoms with E-state index in [9.17, 15) is 0 Å². The van der Waals surface area contributed by atoms with Crippen LogP contribution in [0.25, 0.3) is 0 Å². The van der Waals surface area contributed by atoms with Crippen molar-refractivity contribution >= 4 is 5.84 Å². The molecule has 0 fully saturated rings. The maximum Gasteiger partial charge on any atom is 0.170 e. The van der Waals surface area contributed by atoms with Gasteiger partial charge < -0.3 is 15.7 Å². The largest absolute Gasteiger partial charge is 0.489 e. The summed E-state index contributed by atoms with van der Waals surface area (Å²) in [5, 5.41) is 11.6. The van der Waals surface area contributed by atoms with Crippen LogP contribution in [0, 0.1) is 0 Å². The Morgan fingerprint density at radius 1 is 1.05 bits per heavy atom. The highest BCUT2D eigenvalue weighted by Gasteiger charge is 2.00. The number of benzene rings is 2. The van der Waals surface area contributed by atoms with Gasteiger partial charge in [0.1, 0.15) is 12.4 Å². The van der Waals surface area contributed by atoms with Crippen LogP contribution in [0.2, 0.25) is 0 Å².